The highest BCUT2D eigenvalue weighted by atomic mass is 127. The van der Waals surface area contributed by atoms with E-state index >= 15 is 0 Å². The van der Waals surface area contributed by atoms with Crippen LogP contribution in [0.3, 0.4) is 0 Å². The number of ether oxygens (including phenoxy) is 1. The molecule has 0 heterocycles. The van der Waals surface area contributed by atoms with Crippen LogP contribution in [-0.4, -0.2) is 15.6 Å². The Kier molecular flexibility index (Phi) is 7.27. The number of carbonyl (C=O) groups excluding carboxylic acids is 1. The second-order valence-electron chi connectivity index (χ2n) is 5.34. The lowest BCUT2D eigenvalue weighted by Gasteiger charge is -2.11. The van der Waals surface area contributed by atoms with Gasteiger partial charge in [0.25, 0.3) is 0 Å². The van der Waals surface area contributed by atoms with Crippen molar-refractivity contribution in [2.24, 2.45) is 0 Å². The first-order valence-corrected chi connectivity index (χ1v) is 11.9. The van der Waals surface area contributed by atoms with E-state index < -0.39 is 17.1 Å². The third-order valence-electron chi connectivity index (χ3n) is 3.55. The third-order valence-corrected chi connectivity index (χ3v) is 8.90. The first-order chi connectivity index (χ1) is 12.9. The number of rotatable bonds is 4. The molecule has 4 nitrogen and oxygen atoms in total. The normalized spacial score (nSPS) is 11.9. The van der Waals surface area contributed by atoms with Crippen molar-refractivity contribution >= 4 is 84.9 Å². The minimum Gasteiger partial charge on any atom is -0.606 e. The Hall–Kier alpha value is -0.570. The van der Waals surface area contributed by atoms with Crippen LogP contribution < -0.4 is 4.74 Å². The van der Waals surface area contributed by atoms with Crippen LogP contribution >= 0.6 is 67.8 Å². The van der Waals surface area contributed by atoms with E-state index in [1.165, 1.54) is 12.1 Å². The first kappa shape index (κ1) is 21.1. The van der Waals surface area contributed by atoms with E-state index in [1.54, 1.807) is 36.4 Å². The van der Waals surface area contributed by atoms with Crippen molar-refractivity contribution < 1.29 is 19.2 Å². The van der Waals surface area contributed by atoms with Gasteiger partial charge >= 0.3 is 5.97 Å². The molecule has 0 aliphatic heterocycles. The fourth-order valence-corrected chi connectivity index (χ4v) is 5.57. The molecule has 0 bridgehead atoms. The van der Waals surface area contributed by atoms with E-state index in [-0.39, 0.29) is 5.75 Å². The van der Waals surface area contributed by atoms with Gasteiger partial charge in [-0.05, 0) is 128 Å². The van der Waals surface area contributed by atoms with Crippen molar-refractivity contribution in [1.29, 1.82) is 0 Å². The van der Waals surface area contributed by atoms with Crippen LogP contribution in [0.1, 0.15) is 10.4 Å². The van der Waals surface area contributed by atoms with Crippen LogP contribution in [0.4, 0.5) is 0 Å². The highest BCUT2D eigenvalue weighted by Gasteiger charge is 2.19. The van der Waals surface area contributed by atoms with Crippen LogP contribution in [0.25, 0.3) is 0 Å². The molecule has 0 fully saturated rings. The van der Waals surface area contributed by atoms with E-state index in [4.69, 9.17) is 4.74 Å². The Morgan fingerprint density at radius 2 is 1.37 bits per heavy atom. The molecule has 138 valence electrons. The molecule has 1 N–H and O–H groups in total. The number of hydrogen-bond acceptors (Lipinski definition) is 4. The van der Waals surface area contributed by atoms with Crippen molar-refractivity contribution in [2.75, 3.05) is 0 Å². The molecule has 0 saturated carbocycles. The fourth-order valence-electron chi connectivity index (χ4n) is 2.21. The number of halogens is 3. The molecule has 0 radical (unpaired) electrons. The molecule has 27 heavy (non-hydrogen) atoms. The van der Waals surface area contributed by atoms with Crippen molar-refractivity contribution in [3.63, 3.8) is 0 Å². The number of aromatic hydroxyl groups is 1. The summed E-state index contributed by atoms with van der Waals surface area (Å²) in [6.07, 6.45) is 0. The van der Waals surface area contributed by atoms with Gasteiger partial charge in [-0.25, -0.2) is 4.79 Å². The van der Waals surface area contributed by atoms with Crippen LogP contribution in [-0.2, 0) is 11.2 Å². The average Bonchev–Trinajstić information content (AvgIpc) is 2.66. The predicted molar refractivity (Wildman–Crippen MR) is 129 cm³/mol. The molecule has 3 aromatic carbocycles. The van der Waals surface area contributed by atoms with Crippen molar-refractivity contribution in [3.05, 3.63) is 76.9 Å². The molecule has 8 heteroatoms. The van der Waals surface area contributed by atoms with Crippen LogP contribution in [0.15, 0.2) is 70.5 Å². The SMILES string of the molecule is O=C(Oc1ccc([S+]([O-])c2ccc(O)cc2)cc1)c1c(I)ccc(I)c1I. The molecular formula is C19H11I3O4S. The fraction of sp³-hybridized carbons (Fsp3) is 0. The first-order valence-electron chi connectivity index (χ1n) is 7.53. The van der Waals surface area contributed by atoms with Crippen LogP contribution in [0.2, 0.25) is 0 Å². The lowest BCUT2D eigenvalue weighted by molar-refractivity contribution is 0.0732. The summed E-state index contributed by atoms with van der Waals surface area (Å²) in [5.74, 6) is 0.0875. The Morgan fingerprint density at radius 3 is 1.96 bits per heavy atom. The molecule has 0 aliphatic rings. The van der Waals surface area contributed by atoms with Gasteiger partial charge in [0.2, 0.25) is 0 Å². The molecule has 0 amide bonds. The monoisotopic (exact) mass is 716 g/mol. The highest BCUT2D eigenvalue weighted by Crippen LogP contribution is 2.27. The molecular weight excluding hydrogens is 705 g/mol. The zero-order valence-corrected chi connectivity index (χ0v) is 20.8. The molecule has 0 saturated heterocycles. The minimum absolute atomic E-state index is 0.123. The zero-order valence-electron chi connectivity index (χ0n) is 13.5. The topological polar surface area (TPSA) is 69.6 Å². The summed E-state index contributed by atoms with van der Waals surface area (Å²) in [7, 11) is 0. The molecule has 1 unspecified atom stereocenters. The van der Waals surface area contributed by atoms with E-state index in [2.05, 4.69) is 67.8 Å². The maximum Gasteiger partial charge on any atom is 0.345 e. The maximum absolute atomic E-state index is 12.6. The largest absolute Gasteiger partial charge is 0.606 e. The van der Waals surface area contributed by atoms with Gasteiger partial charge in [0.1, 0.15) is 11.5 Å². The minimum atomic E-state index is -1.38. The summed E-state index contributed by atoms with van der Waals surface area (Å²) in [5.41, 5.74) is 0.542. The lowest BCUT2D eigenvalue weighted by Crippen LogP contribution is -2.13. The van der Waals surface area contributed by atoms with Crippen molar-refractivity contribution in [3.8, 4) is 11.5 Å². The van der Waals surface area contributed by atoms with E-state index in [0.29, 0.717) is 21.1 Å². The van der Waals surface area contributed by atoms with E-state index in [1.807, 2.05) is 12.1 Å². The summed E-state index contributed by atoms with van der Waals surface area (Å²) in [4.78, 5) is 13.7. The standard InChI is InChI=1S/C19H11I3O4S/c20-15-9-10-16(21)18(22)17(15)19(24)26-12-3-7-14(8-4-12)27(25)13-5-1-11(23)2-6-13/h1-10,23H. The number of benzene rings is 3. The predicted octanol–water partition coefficient (Wildman–Crippen LogP) is 5.59. The second kappa shape index (κ2) is 9.29. The summed E-state index contributed by atoms with van der Waals surface area (Å²) < 4.78 is 20.7. The van der Waals surface area contributed by atoms with Gasteiger partial charge in [0.15, 0.2) is 9.79 Å². The van der Waals surface area contributed by atoms with Gasteiger partial charge in [-0.3, -0.25) is 0 Å². The van der Waals surface area contributed by atoms with Gasteiger partial charge in [-0.1, -0.05) is 0 Å². The zero-order chi connectivity index (χ0) is 19.6. The van der Waals surface area contributed by atoms with E-state index in [9.17, 15) is 14.5 Å². The highest BCUT2D eigenvalue weighted by molar-refractivity contribution is 14.1. The summed E-state index contributed by atoms with van der Waals surface area (Å²) in [6.45, 7) is 0. The molecule has 0 spiro atoms. The quantitative estimate of drug-likeness (QED) is 0.126. The molecule has 3 aromatic rings. The Balaban J connectivity index is 1.77. The molecule has 3 rings (SSSR count). The lowest BCUT2D eigenvalue weighted by atomic mass is 10.2. The molecule has 0 aromatic heterocycles. The summed E-state index contributed by atoms with van der Waals surface area (Å²) in [5, 5.41) is 9.33. The third kappa shape index (κ3) is 5.08. The average molecular weight is 716 g/mol. The van der Waals surface area contributed by atoms with Crippen LogP contribution in [0.5, 0.6) is 11.5 Å². The van der Waals surface area contributed by atoms with Gasteiger partial charge in [0.05, 0.1) is 5.56 Å². The number of esters is 1. The van der Waals surface area contributed by atoms with Crippen molar-refractivity contribution in [2.45, 2.75) is 9.79 Å². The second-order valence-corrected chi connectivity index (χ2v) is 10.2. The maximum atomic E-state index is 12.6. The van der Waals surface area contributed by atoms with Gasteiger partial charge in [0, 0.05) is 21.9 Å². The Bertz CT molecular complexity index is 975. The van der Waals surface area contributed by atoms with Crippen molar-refractivity contribution in [1.82, 2.24) is 0 Å². The Labute approximate surface area is 200 Å². The van der Waals surface area contributed by atoms with Gasteiger partial charge < -0.3 is 14.4 Å². The Morgan fingerprint density at radius 1 is 0.852 bits per heavy atom. The number of carbonyl (C=O) groups is 1. The molecule has 1 atom stereocenters. The van der Waals surface area contributed by atoms with Gasteiger partial charge in [-0.15, -0.1) is 0 Å². The summed E-state index contributed by atoms with van der Waals surface area (Å²) >= 11 is 5.06. The number of phenolic OH excluding ortho intramolecular Hbond substituents is 1. The summed E-state index contributed by atoms with van der Waals surface area (Å²) in [6, 6.07) is 16.6. The van der Waals surface area contributed by atoms with Crippen LogP contribution in [0, 0.1) is 10.7 Å². The molecule has 0 aliphatic carbocycles. The van der Waals surface area contributed by atoms with Gasteiger partial charge in [-0.2, -0.15) is 0 Å². The smallest absolute Gasteiger partial charge is 0.345 e. The van der Waals surface area contributed by atoms with E-state index in [0.717, 1.165) is 10.7 Å². The number of hydrogen-bond donors (Lipinski definition) is 1. The number of phenols is 1.